The summed E-state index contributed by atoms with van der Waals surface area (Å²) in [4.78, 5) is 59.3. The number of carbonyl (C=O) groups is 5. The maximum absolute atomic E-state index is 11.9. The SMILES string of the molecule is CCCCN1C(=O)C(=O)N(CC(=O)NC(=O)NCC)C1=O. The maximum Gasteiger partial charge on any atom is 0.334 e. The number of amides is 7. The van der Waals surface area contributed by atoms with Crippen molar-refractivity contribution in [2.75, 3.05) is 19.6 Å². The molecule has 0 radical (unpaired) electrons. The van der Waals surface area contributed by atoms with Crippen molar-refractivity contribution in [2.45, 2.75) is 26.7 Å². The Kier molecular flexibility index (Phi) is 5.82. The van der Waals surface area contributed by atoms with E-state index in [2.05, 4.69) is 5.32 Å². The van der Waals surface area contributed by atoms with Crippen molar-refractivity contribution in [1.29, 1.82) is 0 Å². The number of nitrogens with zero attached hydrogens (tertiary/aromatic N) is 2. The molecule has 0 aromatic heterocycles. The molecule has 21 heavy (non-hydrogen) atoms. The molecule has 7 amide bonds. The van der Waals surface area contributed by atoms with Gasteiger partial charge < -0.3 is 5.32 Å². The van der Waals surface area contributed by atoms with E-state index < -0.39 is 36.3 Å². The highest BCUT2D eigenvalue weighted by Gasteiger charge is 2.44. The van der Waals surface area contributed by atoms with Crippen LogP contribution >= 0.6 is 0 Å². The van der Waals surface area contributed by atoms with Gasteiger partial charge in [0.1, 0.15) is 6.54 Å². The number of urea groups is 2. The summed E-state index contributed by atoms with van der Waals surface area (Å²) in [6.07, 6.45) is 1.33. The Morgan fingerprint density at radius 3 is 2.24 bits per heavy atom. The molecule has 9 nitrogen and oxygen atoms in total. The molecular weight excluding hydrogens is 280 g/mol. The van der Waals surface area contributed by atoms with E-state index in [1.54, 1.807) is 6.92 Å². The number of hydrogen-bond acceptors (Lipinski definition) is 5. The fourth-order valence-electron chi connectivity index (χ4n) is 1.72. The Hall–Kier alpha value is -2.45. The number of rotatable bonds is 6. The number of imide groups is 3. The third-order valence-electron chi connectivity index (χ3n) is 2.76. The summed E-state index contributed by atoms with van der Waals surface area (Å²) in [5.74, 6) is -2.84. The minimum Gasteiger partial charge on any atom is -0.338 e. The zero-order valence-electron chi connectivity index (χ0n) is 12.0. The molecule has 1 rings (SSSR count). The van der Waals surface area contributed by atoms with Crippen molar-refractivity contribution in [2.24, 2.45) is 0 Å². The normalized spacial score (nSPS) is 14.7. The molecule has 9 heteroatoms. The molecule has 1 heterocycles. The lowest BCUT2D eigenvalue weighted by atomic mass is 10.3. The van der Waals surface area contributed by atoms with Gasteiger partial charge in [0.15, 0.2) is 0 Å². The Morgan fingerprint density at radius 2 is 1.67 bits per heavy atom. The van der Waals surface area contributed by atoms with Crippen LogP contribution in [0.3, 0.4) is 0 Å². The summed E-state index contributed by atoms with van der Waals surface area (Å²) in [7, 11) is 0. The van der Waals surface area contributed by atoms with E-state index in [-0.39, 0.29) is 6.54 Å². The number of nitrogens with one attached hydrogen (secondary N) is 2. The second-order valence-electron chi connectivity index (χ2n) is 4.39. The van der Waals surface area contributed by atoms with Crippen LogP contribution in [0.2, 0.25) is 0 Å². The number of carbonyl (C=O) groups excluding carboxylic acids is 5. The average Bonchev–Trinajstić information content (AvgIpc) is 2.61. The average molecular weight is 298 g/mol. The van der Waals surface area contributed by atoms with E-state index in [4.69, 9.17) is 0 Å². The molecule has 0 aliphatic carbocycles. The minimum atomic E-state index is -1.05. The zero-order chi connectivity index (χ0) is 16.0. The van der Waals surface area contributed by atoms with Crippen LogP contribution in [0.4, 0.5) is 9.59 Å². The third-order valence-corrected chi connectivity index (χ3v) is 2.76. The summed E-state index contributed by atoms with van der Waals surface area (Å²) in [6, 6.07) is -1.56. The van der Waals surface area contributed by atoms with Gasteiger partial charge in [0, 0.05) is 13.1 Å². The van der Waals surface area contributed by atoms with Gasteiger partial charge in [0.2, 0.25) is 5.91 Å². The van der Waals surface area contributed by atoms with Crippen molar-refractivity contribution >= 4 is 29.8 Å². The highest BCUT2D eigenvalue weighted by molar-refractivity contribution is 6.45. The van der Waals surface area contributed by atoms with Gasteiger partial charge in [-0.1, -0.05) is 13.3 Å². The second-order valence-corrected chi connectivity index (χ2v) is 4.39. The summed E-state index contributed by atoms with van der Waals surface area (Å²) in [5.41, 5.74) is 0. The van der Waals surface area contributed by atoms with E-state index in [1.165, 1.54) is 0 Å². The predicted molar refractivity (Wildman–Crippen MR) is 70.9 cm³/mol. The first-order valence-corrected chi connectivity index (χ1v) is 6.67. The fraction of sp³-hybridized carbons (Fsp3) is 0.583. The highest BCUT2D eigenvalue weighted by Crippen LogP contribution is 2.12. The highest BCUT2D eigenvalue weighted by atomic mass is 16.2. The van der Waals surface area contributed by atoms with E-state index in [0.717, 1.165) is 11.3 Å². The molecule has 0 saturated carbocycles. The Morgan fingerprint density at radius 1 is 1.05 bits per heavy atom. The summed E-state index contributed by atoms with van der Waals surface area (Å²) in [5, 5.41) is 4.29. The predicted octanol–water partition coefficient (Wildman–Crippen LogP) is -0.577. The van der Waals surface area contributed by atoms with Gasteiger partial charge in [-0.2, -0.15) is 0 Å². The Balaban J connectivity index is 2.64. The van der Waals surface area contributed by atoms with Crippen LogP contribution < -0.4 is 10.6 Å². The first-order chi connectivity index (χ1) is 9.92. The van der Waals surface area contributed by atoms with Crippen LogP contribution in [0.25, 0.3) is 0 Å². The first-order valence-electron chi connectivity index (χ1n) is 6.67. The molecule has 1 aliphatic rings. The van der Waals surface area contributed by atoms with Gasteiger partial charge in [-0.05, 0) is 13.3 Å². The van der Waals surface area contributed by atoms with Crippen molar-refractivity contribution in [1.82, 2.24) is 20.4 Å². The Bertz CT molecular complexity index is 476. The lowest BCUT2D eigenvalue weighted by Crippen LogP contribution is -2.46. The summed E-state index contributed by atoms with van der Waals surface area (Å²) in [6.45, 7) is 3.34. The molecule has 1 saturated heterocycles. The second kappa shape index (κ2) is 7.36. The van der Waals surface area contributed by atoms with Crippen LogP contribution in [0, 0.1) is 0 Å². The lowest BCUT2D eigenvalue weighted by Gasteiger charge is -2.14. The van der Waals surface area contributed by atoms with Crippen LogP contribution in [-0.4, -0.2) is 59.2 Å². The topological polar surface area (TPSA) is 116 Å². The standard InChI is InChI=1S/C12H18N4O5/c1-3-5-6-15-9(18)10(19)16(12(15)21)7-8(17)14-11(20)13-4-2/h3-7H2,1-2H3,(H2,13,14,17,20). The molecule has 0 unspecified atom stereocenters. The summed E-state index contributed by atoms with van der Waals surface area (Å²) < 4.78 is 0. The minimum absolute atomic E-state index is 0.133. The van der Waals surface area contributed by atoms with Crippen molar-refractivity contribution < 1.29 is 24.0 Å². The van der Waals surface area contributed by atoms with Crippen molar-refractivity contribution in [3.8, 4) is 0 Å². The van der Waals surface area contributed by atoms with E-state index >= 15 is 0 Å². The van der Waals surface area contributed by atoms with E-state index in [9.17, 15) is 24.0 Å². The molecule has 0 bridgehead atoms. The van der Waals surface area contributed by atoms with Crippen LogP contribution in [0.15, 0.2) is 0 Å². The van der Waals surface area contributed by atoms with Crippen LogP contribution in [-0.2, 0) is 14.4 Å². The summed E-state index contributed by atoms with van der Waals surface area (Å²) >= 11 is 0. The molecule has 2 N–H and O–H groups in total. The van der Waals surface area contributed by atoms with Gasteiger partial charge in [-0.25, -0.2) is 14.5 Å². The van der Waals surface area contributed by atoms with Gasteiger partial charge in [0.05, 0.1) is 0 Å². The van der Waals surface area contributed by atoms with Gasteiger partial charge in [0.25, 0.3) is 0 Å². The van der Waals surface area contributed by atoms with Gasteiger partial charge in [-0.15, -0.1) is 0 Å². The lowest BCUT2D eigenvalue weighted by molar-refractivity contribution is -0.143. The molecule has 0 aromatic rings. The fourth-order valence-corrected chi connectivity index (χ4v) is 1.72. The molecule has 0 atom stereocenters. The van der Waals surface area contributed by atoms with Crippen LogP contribution in [0.1, 0.15) is 26.7 Å². The Labute approximate surface area is 121 Å². The number of unbranched alkanes of at least 4 members (excludes halogenated alkanes) is 1. The molecular formula is C12H18N4O5. The van der Waals surface area contributed by atoms with Gasteiger partial charge in [-0.3, -0.25) is 24.6 Å². The van der Waals surface area contributed by atoms with Crippen molar-refractivity contribution in [3.05, 3.63) is 0 Å². The smallest absolute Gasteiger partial charge is 0.334 e. The molecule has 0 spiro atoms. The van der Waals surface area contributed by atoms with Gasteiger partial charge >= 0.3 is 23.9 Å². The largest absolute Gasteiger partial charge is 0.338 e. The molecule has 1 fully saturated rings. The third kappa shape index (κ3) is 4.01. The zero-order valence-corrected chi connectivity index (χ0v) is 12.0. The quantitative estimate of drug-likeness (QED) is 0.503. The first kappa shape index (κ1) is 16.6. The monoisotopic (exact) mass is 298 g/mol. The van der Waals surface area contributed by atoms with Crippen LogP contribution in [0.5, 0.6) is 0 Å². The molecule has 0 aromatic carbocycles. The number of hydrogen-bond donors (Lipinski definition) is 2. The van der Waals surface area contributed by atoms with Crippen molar-refractivity contribution in [3.63, 3.8) is 0 Å². The van der Waals surface area contributed by atoms with E-state index in [1.807, 2.05) is 12.2 Å². The molecule has 116 valence electrons. The van der Waals surface area contributed by atoms with E-state index in [0.29, 0.717) is 17.9 Å². The maximum atomic E-state index is 11.9. The molecule has 1 aliphatic heterocycles.